The van der Waals surface area contributed by atoms with E-state index in [1.807, 2.05) is 24.5 Å². The van der Waals surface area contributed by atoms with E-state index in [9.17, 15) is 0 Å². The molecule has 0 N–H and O–H groups in total. The first kappa shape index (κ1) is 18.7. The van der Waals surface area contributed by atoms with Gasteiger partial charge < -0.3 is 9.64 Å². The maximum absolute atomic E-state index is 6.04. The van der Waals surface area contributed by atoms with Gasteiger partial charge in [-0.05, 0) is 43.9 Å². The number of halogens is 1. The minimum absolute atomic E-state index is 0.298. The summed E-state index contributed by atoms with van der Waals surface area (Å²) in [4.78, 5) is 13.4. The zero-order valence-corrected chi connectivity index (χ0v) is 16.6. The van der Waals surface area contributed by atoms with Gasteiger partial charge in [-0.2, -0.15) is 0 Å². The number of morpholine rings is 1. The van der Waals surface area contributed by atoms with E-state index in [2.05, 4.69) is 38.8 Å². The maximum Gasteiger partial charge on any atom is 0.115 e. The van der Waals surface area contributed by atoms with E-state index in [1.165, 1.54) is 18.4 Å². The highest BCUT2D eigenvalue weighted by Crippen LogP contribution is 2.27. The standard InChI is InChI=1S/C21H27ClN4O/c1-16-13-26(20(14-27-16)10-17-2-4-18(22)5-3-17)19-6-8-25(9-7-19)21-11-23-15-24-12-21/h2-5,11-12,15-16,19-20H,6-10,13-14H2,1H3/t16-,20-/m0/s1. The minimum Gasteiger partial charge on any atom is -0.376 e. The van der Waals surface area contributed by atoms with E-state index in [1.54, 1.807) is 6.33 Å². The van der Waals surface area contributed by atoms with Crippen LogP contribution < -0.4 is 4.90 Å². The highest BCUT2D eigenvalue weighted by molar-refractivity contribution is 6.30. The van der Waals surface area contributed by atoms with E-state index >= 15 is 0 Å². The summed E-state index contributed by atoms with van der Waals surface area (Å²) in [7, 11) is 0. The number of aromatic nitrogens is 2. The van der Waals surface area contributed by atoms with Gasteiger partial charge in [-0.1, -0.05) is 23.7 Å². The number of rotatable bonds is 4. The number of benzene rings is 1. The molecule has 5 nitrogen and oxygen atoms in total. The topological polar surface area (TPSA) is 41.5 Å². The van der Waals surface area contributed by atoms with Crippen molar-refractivity contribution in [3.05, 3.63) is 53.6 Å². The second-order valence-electron chi connectivity index (χ2n) is 7.64. The molecular formula is C21H27ClN4O. The summed E-state index contributed by atoms with van der Waals surface area (Å²) in [5, 5.41) is 0.793. The molecule has 0 saturated carbocycles. The summed E-state index contributed by atoms with van der Waals surface area (Å²) >= 11 is 6.04. The molecule has 0 amide bonds. The van der Waals surface area contributed by atoms with Crippen LogP contribution in [0.25, 0.3) is 0 Å². The van der Waals surface area contributed by atoms with Gasteiger partial charge in [0.2, 0.25) is 0 Å². The van der Waals surface area contributed by atoms with Gasteiger partial charge in [0.05, 0.1) is 30.8 Å². The molecule has 4 rings (SSSR count). The van der Waals surface area contributed by atoms with Crippen molar-refractivity contribution in [2.45, 2.75) is 44.4 Å². The van der Waals surface area contributed by atoms with E-state index in [4.69, 9.17) is 16.3 Å². The van der Waals surface area contributed by atoms with Crippen LogP contribution in [0.4, 0.5) is 5.69 Å². The number of piperidine rings is 1. The molecule has 0 spiro atoms. The van der Waals surface area contributed by atoms with Crippen molar-refractivity contribution < 1.29 is 4.74 Å². The molecule has 2 fully saturated rings. The normalized spacial score (nSPS) is 24.9. The van der Waals surface area contributed by atoms with Crippen LogP contribution in [0.5, 0.6) is 0 Å². The quantitative estimate of drug-likeness (QED) is 0.805. The number of hydrogen-bond acceptors (Lipinski definition) is 5. The van der Waals surface area contributed by atoms with Crippen molar-refractivity contribution in [2.24, 2.45) is 0 Å². The molecule has 27 heavy (non-hydrogen) atoms. The van der Waals surface area contributed by atoms with E-state index in [0.717, 1.165) is 43.4 Å². The molecule has 0 unspecified atom stereocenters. The average molecular weight is 387 g/mol. The minimum atomic E-state index is 0.298. The third kappa shape index (κ3) is 4.60. The van der Waals surface area contributed by atoms with Crippen molar-refractivity contribution in [3.63, 3.8) is 0 Å². The Morgan fingerprint density at radius 1 is 1.11 bits per heavy atom. The molecule has 2 aliphatic heterocycles. The molecule has 6 heteroatoms. The summed E-state index contributed by atoms with van der Waals surface area (Å²) in [5.41, 5.74) is 2.45. The lowest BCUT2D eigenvalue weighted by Crippen LogP contribution is -2.56. The Morgan fingerprint density at radius 3 is 2.52 bits per heavy atom. The lowest BCUT2D eigenvalue weighted by Gasteiger charge is -2.46. The molecule has 2 saturated heterocycles. The van der Waals surface area contributed by atoms with Gasteiger partial charge in [-0.15, -0.1) is 0 Å². The SMILES string of the molecule is C[C@H]1CN(C2CCN(c3cncnc3)CC2)[C@@H](Cc2ccc(Cl)cc2)CO1. The predicted octanol–water partition coefficient (Wildman–Crippen LogP) is 3.43. The molecular weight excluding hydrogens is 360 g/mol. The largest absolute Gasteiger partial charge is 0.376 e. The average Bonchev–Trinajstić information content (AvgIpc) is 2.72. The number of anilines is 1. The first-order chi connectivity index (χ1) is 13.2. The Kier molecular flexibility index (Phi) is 5.91. The first-order valence-corrected chi connectivity index (χ1v) is 10.2. The molecule has 2 aliphatic rings. The Hall–Kier alpha value is -1.69. The Bertz CT molecular complexity index is 719. The molecule has 1 aromatic heterocycles. The van der Waals surface area contributed by atoms with E-state index in [-0.39, 0.29) is 0 Å². The molecule has 0 radical (unpaired) electrons. The van der Waals surface area contributed by atoms with Gasteiger partial charge in [0, 0.05) is 36.7 Å². The Labute approximate surface area is 166 Å². The lowest BCUT2D eigenvalue weighted by atomic mass is 9.96. The number of ether oxygens (including phenoxy) is 1. The summed E-state index contributed by atoms with van der Waals surface area (Å²) in [6.45, 7) is 6.10. The molecule has 3 heterocycles. The van der Waals surface area contributed by atoms with E-state index < -0.39 is 0 Å². The smallest absolute Gasteiger partial charge is 0.115 e. The summed E-state index contributed by atoms with van der Waals surface area (Å²) in [6.07, 6.45) is 9.05. The van der Waals surface area contributed by atoms with Gasteiger partial charge in [0.1, 0.15) is 6.33 Å². The second-order valence-corrected chi connectivity index (χ2v) is 8.08. The fourth-order valence-electron chi connectivity index (χ4n) is 4.30. The zero-order chi connectivity index (χ0) is 18.6. The van der Waals surface area contributed by atoms with Gasteiger partial charge in [-0.25, -0.2) is 9.97 Å². The fraction of sp³-hybridized carbons (Fsp3) is 0.524. The van der Waals surface area contributed by atoms with Gasteiger partial charge >= 0.3 is 0 Å². The zero-order valence-electron chi connectivity index (χ0n) is 15.8. The predicted molar refractivity (Wildman–Crippen MR) is 108 cm³/mol. The molecule has 2 atom stereocenters. The van der Waals surface area contributed by atoms with Gasteiger partial charge in [0.25, 0.3) is 0 Å². The lowest BCUT2D eigenvalue weighted by molar-refractivity contribution is -0.0744. The van der Waals surface area contributed by atoms with Crippen LogP contribution in [-0.4, -0.2) is 59.3 Å². The van der Waals surface area contributed by atoms with Crippen LogP contribution >= 0.6 is 11.6 Å². The van der Waals surface area contributed by atoms with Crippen LogP contribution in [0.1, 0.15) is 25.3 Å². The fourth-order valence-corrected chi connectivity index (χ4v) is 4.42. The van der Waals surface area contributed by atoms with Crippen molar-refractivity contribution in [3.8, 4) is 0 Å². The third-order valence-corrected chi connectivity index (χ3v) is 5.99. The van der Waals surface area contributed by atoms with Crippen LogP contribution in [0.15, 0.2) is 43.0 Å². The molecule has 144 valence electrons. The van der Waals surface area contributed by atoms with Gasteiger partial charge in [0.15, 0.2) is 0 Å². The Morgan fingerprint density at radius 2 is 1.81 bits per heavy atom. The highest BCUT2D eigenvalue weighted by Gasteiger charge is 2.34. The summed E-state index contributed by atoms with van der Waals surface area (Å²) in [5.74, 6) is 0. The van der Waals surface area contributed by atoms with Crippen LogP contribution in [0.2, 0.25) is 5.02 Å². The van der Waals surface area contributed by atoms with Crippen molar-refractivity contribution in [2.75, 3.05) is 31.1 Å². The van der Waals surface area contributed by atoms with Crippen LogP contribution in [0.3, 0.4) is 0 Å². The van der Waals surface area contributed by atoms with Crippen molar-refractivity contribution in [1.29, 1.82) is 0 Å². The first-order valence-electron chi connectivity index (χ1n) is 9.81. The highest BCUT2D eigenvalue weighted by atomic mass is 35.5. The summed E-state index contributed by atoms with van der Waals surface area (Å²) in [6, 6.07) is 9.27. The molecule has 1 aromatic carbocycles. The van der Waals surface area contributed by atoms with E-state index in [0.29, 0.717) is 18.2 Å². The molecule has 2 aromatic rings. The molecule has 0 aliphatic carbocycles. The monoisotopic (exact) mass is 386 g/mol. The Balaban J connectivity index is 1.41. The maximum atomic E-state index is 6.04. The van der Waals surface area contributed by atoms with Crippen LogP contribution in [-0.2, 0) is 11.2 Å². The second kappa shape index (κ2) is 8.55. The van der Waals surface area contributed by atoms with Gasteiger partial charge in [-0.3, -0.25) is 4.90 Å². The van der Waals surface area contributed by atoms with Crippen LogP contribution in [0, 0.1) is 0 Å². The number of hydrogen-bond donors (Lipinski definition) is 0. The summed E-state index contributed by atoms with van der Waals surface area (Å²) < 4.78 is 6.00. The van der Waals surface area contributed by atoms with Crippen molar-refractivity contribution in [1.82, 2.24) is 14.9 Å². The third-order valence-electron chi connectivity index (χ3n) is 5.74. The number of nitrogens with zero attached hydrogens (tertiary/aromatic N) is 4. The molecule has 0 bridgehead atoms. The van der Waals surface area contributed by atoms with Crippen molar-refractivity contribution >= 4 is 17.3 Å².